The van der Waals surface area contributed by atoms with Crippen LogP contribution in [0.25, 0.3) is 0 Å². The van der Waals surface area contributed by atoms with Crippen molar-refractivity contribution >= 4 is 5.97 Å². The van der Waals surface area contributed by atoms with Crippen molar-refractivity contribution in [1.29, 1.82) is 0 Å². The van der Waals surface area contributed by atoms with Crippen LogP contribution in [0.3, 0.4) is 0 Å². The van der Waals surface area contributed by atoms with E-state index in [2.05, 4.69) is 5.32 Å². The van der Waals surface area contributed by atoms with E-state index in [-0.39, 0.29) is 5.97 Å². The molecule has 2 heterocycles. The Labute approximate surface area is 85.2 Å². The van der Waals surface area contributed by atoms with Gasteiger partial charge >= 0.3 is 5.97 Å². The van der Waals surface area contributed by atoms with Crippen LogP contribution in [0.1, 0.15) is 39.0 Å². The first-order chi connectivity index (χ1) is 6.78. The summed E-state index contributed by atoms with van der Waals surface area (Å²) >= 11 is 0. The SMILES string of the molecule is CCOC(=O)C[C@H]1C[C@H]2CC[C@@H](C1)N2. The summed E-state index contributed by atoms with van der Waals surface area (Å²) in [6, 6.07) is 1.35. The zero-order valence-electron chi connectivity index (χ0n) is 8.79. The summed E-state index contributed by atoms with van der Waals surface area (Å²) in [6.07, 6.45) is 5.54. The molecule has 3 atom stereocenters. The standard InChI is InChI=1S/C11H19NO2/c1-2-14-11(13)7-8-5-9-3-4-10(6-8)12-9/h8-10,12H,2-7H2,1H3/t8-,9+,10-. The van der Waals surface area contributed by atoms with E-state index >= 15 is 0 Å². The fraction of sp³-hybridized carbons (Fsp3) is 0.909. The van der Waals surface area contributed by atoms with Crippen LogP contribution < -0.4 is 5.32 Å². The molecular weight excluding hydrogens is 178 g/mol. The number of hydrogen-bond acceptors (Lipinski definition) is 3. The van der Waals surface area contributed by atoms with E-state index in [1.165, 1.54) is 12.8 Å². The lowest BCUT2D eigenvalue weighted by Crippen LogP contribution is -2.38. The maximum atomic E-state index is 11.3. The van der Waals surface area contributed by atoms with Crippen molar-refractivity contribution in [2.75, 3.05) is 6.61 Å². The van der Waals surface area contributed by atoms with E-state index in [1.807, 2.05) is 6.92 Å². The lowest BCUT2D eigenvalue weighted by Gasteiger charge is -2.28. The Morgan fingerprint density at radius 3 is 2.57 bits per heavy atom. The Morgan fingerprint density at radius 2 is 2.00 bits per heavy atom. The predicted octanol–water partition coefficient (Wildman–Crippen LogP) is 1.47. The number of hydrogen-bond donors (Lipinski definition) is 1. The van der Waals surface area contributed by atoms with Crippen LogP contribution >= 0.6 is 0 Å². The molecule has 0 radical (unpaired) electrons. The summed E-state index contributed by atoms with van der Waals surface area (Å²) in [5.41, 5.74) is 0. The molecule has 2 rings (SSSR count). The van der Waals surface area contributed by atoms with Crippen LogP contribution in [0.15, 0.2) is 0 Å². The third kappa shape index (κ3) is 2.27. The predicted molar refractivity (Wildman–Crippen MR) is 53.9 cm³/mol. The zero-order valence-corrected chi connectivity index (χ0v) is 8.79. The van der Waals surface area contributed by atoms with Crippen LogP contribution in [0, 0.1) is 5.92 Å². The van der Waals surface area contributed by atoms with E-state index in [1.54, 1.807) is 0 Å². The van der Waals surface area contributed by atoms with Gasteiger partial charge in [0.1, 0.15) is 0 Å². The molecular formula is C11H19NO2. The molecule has 1 N–H and O–H groups in total. The van der Waals surface area contributed by atoms with Crippen molar-refractivity contribution in [3.63, 3.8) is 0 Å². The second-order valence-corrected chi connectivity index (χ2v) is 4.48. The average molecular weight is 197 g/mol. The van der Waals surface area contributed by atoms with Crippen molar-refractivity contribution in [2.24, 2.45) is 5.92 Å². The van der Waals surface area contributed by atoms with Gasteiger partial charge in [-0.3, -0.25) is 4.79 Å². The number of fused-ring (bicyclic) bond motifs is 2. The number of piperidine rings is 1. The van der Waals surface area contributed by atoms with Gasteiger partial charge in [-0.1, -0.05) is 0 Å². The van der Waals surface area contributed by atoms with Gasteiger partial charge < -0.3 is 10.1 Å². The van der Waals surface area contributed by atoms with Gasteiger partial charge in [-0.2, -0.15) is 0 Å². The lowest BCUT2D eigenvalue weighted by atomic mass is 9.90. The highest BCUT2D eigenvalue weighted by molar-refractivity contribution is 5.69. The Balaban J connectivity index is 1.79. The highest BCUT2D eigenvalue weighted by Gasteiger charge is 2.34. The molecule has 2 fully saturated rings. The minimum absolute atomic E-state index is 0.0150. The van der Waals surface area contributed by atoms with Crippen molar-refractivity contribution in [1.82, 2.24) is 5.32 Å². The first kappa shape index (κ1) is 9.97. The summed E-state index contributed by atoms with van der Waals surface area (Å²) in [7, 11) is 0. The van der Waals surface area contributed by atoms with Gasteiger partial charge in [0.25, 0.3) is 0 Å². The third-order valence-corrected chi connectivity index (χ3v) is 3.33. The molecule has 14 heavy (non-hydrogen) atoms. The summed E-state index contributed by atoms with van der Waals surface area (Å²) in [4.78, 5) is 11.3. The second kappa shape index (κ2) is 4.30. The zero-order chi connectivity index (χ0) is 9.97. The Hall–Kier alpha value is -0.570. The highest BCUT2D eigenvalue weighted by atomic mass is 16.5. The molecule has 2 saturated heterocycles. The topological polar surface area (TPSA) is 38.3 Å². The first-order valence-electron chi connectivity index (χ1n) is 5.69. The molecule has 0 aromatic carbocycles. The van der Waals surface area contributed by atoms with Crippen LogP contribution in [0.5, 0.6) is 0 Å². The van der Waals surface area contributed by atoms with Gasteiger partial charge in [0, 0.05) is 18.5 Å². The number of esters is 1. The normalized spacial score (nSPS) is 35.6. The number of carbonyl (C=O) groups is 1. The van der Waals surface area contributed by atoms with Gasteiger partial charge in [0.15, 0.2) is 0 Å². The molecule has 3 nitrogen and oxygen atoms in total. The van der Waals surface area contributed by atoms with Gasteiger partial charge in [0.2, 0.25) is 0 Å². The minimum Gasteiger partial charge on any atom is -0.466 e. The van der Waals surface area contributed by atoms with Crippen molar-refractivity contribution < 1.29 is 9.53 Å². The molecule has 0 aromatic heterocycles. The van der Waals surface area contributed by atoms with Crippen LogP contribution in [0.2, 0.25) is 0 Å². The third-order valence-electron chi connectivity index (χ3n) is 3.33. The van der Waals surface area contributed by atoms with E-state index in [4.69, 9.17) is 4.74 Å². The Kier molecular flexibility index (Phi) is 3.06. The molecule has 0 aromatic rings. The summed E-state index contributed by atoms with van der Waals surface area (Å²) in [5, 5.41) is 3.57. The maximum absolute atomic E-state index is 11.3. The molecule has 0 amide bonds. The van der Waals surface area contributed by atoms with E-state index in [0.717, 1.165) is 12.8 Å². The van der Waals surface area contributed by atoms with Crippen LogP contribution in [0.4, 0.5) is 0 Å². The van der Waals surface area contributed by atoms with Gasteiger partial charge in [-0.05, 0) is 38.5 Å². The smallest absolute Gasteiger partial charge is 0.306 e. The van der Waals surface area contributed by atoms with Gasteiger partial charge in [-0.15, -0.1) is 0 Å². The van der Waals surface area contributed by atoms with Crippen molar-refractivity contribution in [3.8, 4) is 0 Å². The molecule has 0 unspecified atom stereocenters. The van der Waals surface area contributed by atoms with Crippen molar-refractivity contribution in [2.45, 2.75) is 51.1 Å². The number of ether oxygens (including phenoxy) is 1. The highest BCUT2D eigenvalue weighted by Crippen LogP contribution is 2.32. The number of nitrogens with one attached hydrogen (secondary N) is 1. The average Bonchev–Trinajstić information content (AvgIpc) is 2.46. The van der Waals surface area contributed by atoms with Gasteiger partial charge in [0.05, 0.1) is 6.61 Å². The van der Waals surface area contributed by atoms with Crippen molar-refractivity contribution in [3.05, 3.63) is 0 Å². The molecule has 2 bridgehead atoms. The first-order valence-corrected chi connectivity index (χ1v) is 5.69. The fourth-order valence-electron chi connectivity index (χ4n) is 2.80. The minimum atomic E-state index is -0.0150. The largest absolute Gasteiger partial charge is 0.466 e. The van der Waals surface area contributed by atoms with Crippen LogP contribution in [-0.4, -0.2) is 24.7 Å². The molecule has 2 aliphatic rings. The Bertz CT molecular complexity index is 205. The molecule has 0 aliphatic carbocycles. The second-order valence-electron chi connectivity index (χ2n) is 4.48. The summed E-state index contributed by atoms with van der Waals surface area (Å²) < 4.78 is 4.98. The lowest BCUT2D eigenvalue weighted by molar-refractivity contribution is -0.144. The quantitative estimate of drug-likeness (QED) is 0.696. The number of carbonyl (C=O) groups excluding carboxylic acids is 1. The van der Waals surface area contributed by atoms with Crippen LogP contribution in [-0.2, 0) is 9.53 Å². The van der Waals surface area contributed by atoms with E-state index in [0.29, 0.717) is 31.0 Å². The van der Waals surface area contributed by atoms with E-state index < -0.39 is 0 Å². The monoisotopic (exact) mass is 197 g/mol. The van der Waals surface area contributed by atoms with E-state index in [9.17, 15) is 4.79 Å². The molecule has 3 heteroatoms. The maximum Gasteiger partial charge on any atom is 0.306 e. The molecule has 0 spiro atoms. The number of rotatable bonds is 3. The Morgan fingerprint density at radius 1 is 1.36 bits per heavy atom. The summed E-state index contributed by atoms with van der Waals surface area (Å²) in [5.74, 6) is 0.548. The van der Waals surface area contributed by atoms with Gasteiger partial charge in [-0.25, -0.2) is 0 Å². The fourth-order valence-corrected chi connectivity index (χ4v) is 2.80. The molecule has 2 aliphatic heterocycles. The molecule has 0 saturated carbocycles. The molecule has 80 valence electrons. The summed E-state index contributed by atoms with van der Waals surface area (Å²) in [6.45, 7) is 2.38.